The number of aryl methyl sites for hydroxylation is 2. The van der Waals surface area contributed by atoms with Gasteiger partial charge >= 0.3 is 0 Å². The van der Waals surface area contributed by atoms with E-state index in [1.807, 2.05) is 64.1 Å². The van der Waals surface area contributed by atoms with Gasteiger partial charge in [0, 0.05) is 10.7 Å². The molecule has 0 atom stereocenters. The van der Waals surface area contributed by atoms with Crippen LogP contribution < -0.4 is 15.0 Å². The highest BCUT2D eigenvalue weighted by atomic mass is 35.5. The highest BCUT2D eigenvalue weighted by Gasteiger charge is 2.40. The van der Waals surface area contributed by atoms with E-state index in [-0.39, 0.29) is 17.7 Å². The summed E-state index contributed by atoms with van der Waals surface area (Å²) in [4.78, 5) is 28.4. The number of ether oxygens (including phenoxy) is 1. The van der Waals surface area contributed by atoms with Gasteiger partial charge in [-0.1, -0.05) is 41.4 Å². The Kier molecular flexibility index (Phi) is 6.25. The molecule has 0 bridgehead atoms. The third kappa shape index (κ3) is 4.64. The number of halogens is 1. The molecule has 3 aromatic rings. The van der Waals surface area contributed by atoms with E-state index in [9.17, 15) is 9.59 Å². The van der Waals surface area contributed by atoms with Crippen molar-refractivity contribution in [1.82, 2.24) is 0 Å². The maximum Gasteiger partial charge on any atom is 0.282 e. The predicted molar refractivity (Wildman–Crippen MR) is 133 cm³/mol. The average Bonchev–Trinajstić information content (AvgIpc) is 3.00. The summed E-state index contributed by atoms with van der Waals surface area (Å²) >= 11 is 6.05. The Morgan fingerprint density at radius 2 is 1.55 bits per heavy atom. The standard InChI is InChI=1S/C27H25ClN2O3/c1-16(2)33-22-12-10-21(11-13-22)29-25-24(19-6-8-20(28)9-7-19)26(31)30(27(25)32)23-14-5-17(3)15-18(23)4/h5-16,29H,1-4H3. The minimum Gasteiger partial charge on any atom is -0.491 e. The van der Waals surface area contributed by atoms with Crippen LogP contribution in [0.5, 0.6) is 5.75 Å². The number of carbonyl (C=O) groups is 2. The summed E-state index contributed by atoms with van der Waals surface area (Å²) in [6, 6.07) is 19.9. The zero-order valence-corrected chi connectivity index (χ0v) is 19.7. The second kappa shape index (κ2) is 9.12. The Bertz CT molecular complexity index is 1250. The van der Waals surface area contributed by atoms with Gasteiger partial charge in [-0.2, -0.15) is 0 Å². The van der Waals surface area contributed by atoms with Gasteiger partial charge in [-0.15, -0.1) is 0 Å². The lowest BCUT2D eigenvalue weighted by Crippen LogP contribution is -2.33. The van der Waals surface area contributed by atoms with Crippen molar-refractivity contribution in [2.75, 3.05) is 10.2 Å². The largest absolute Gasteiger partial charge is 0.491 e. The molecule has 0 aromatic heterocycles. The number of amides is 2. The Hall–Kier alpha value is -3.57. The third-order valence-corrected chi connectivity index (χ3v) is 5.56. The number of imide groups is 1. The Morgan fingerprint density at radius 1 is 0.879 bits per heavy atom. The molecule has 1 heterocycles. The van der Waals surface area contributed by atoms with E-state index in [1.165, 1.54) is 4.90 Å². The molecular weight excluding hydrogens is 436 g/mol. The Labute approximate surface area is 198 Å². The van der Waals surface area contributed by atoms with Crippen LogP contribution >= 0.6 is 11.6 Å². The zero-order valence-electron chi connectivity index (χ0n) is 19.0. The van der Waals surface area contributed by atoms with Gasteiger partial charge < -0.3 is 10.1 Å². The lowest BCUT2D eigenvalue weighted by Gasteiger charge is -2.18. The maximum absolute atomic E-state index is 13.6. The van der Waals surface area contributed by atoms with Crippen LogP contribution in [0.3, 0.4) is 0 Å². The number of benzene rings is 3. The second-order valence-corrected chi connectivity index (χ2v) is 8.74. The summed E-state index contributed by atoms with van der Waals surface area (Å²) in [5.41, 5.74) is 4.30. The molecule has 1 aliphatic rings. The molecule has 2 amide bonds. The first-order valence-corrected chi connectivity index (χ1v) is 11.1. The quantitative estimate of drug-likeness (QED) is 0.449. The van der Waals surface area contributed by atoms with Gasteiger partial charge in [0.2, 0.25) is 0 Å². The van der Waals surface area contributed by atoms with Crippen molar-refractivity contribution >= 4 is 40.4 Å². The fraction of sp³-hybridized carbons (Fsp3) is 0.185. The smallest absolute Gasteiger partial charge is 0.282 e. The van der Waals surface area contributed by atoms with Crippen LogP contribution in [0.15, 0.2) is 72.4 Å². The van der Waals surface area contributed by atoms with Crippen LogP contribution in [0.2, 0.25) is 5.02 Å². The van der Waals surface area contributed by atoms with E-state index in [1.54, 1.807) is 30.3 Å². The van der Waals surface area contributed by atoms with E-state index in [0.29, 0.717) is 27.5 Å². The number of hydrogen-bond donors (Lipinski definition) is 1. The summed E-state index contributed by atoms with van der Waals surface area (Å²) < 4.78 is 5.70. The SMILES string of the molecule is Cc1ccc(N2C(=O)C(Nc3ccc(OC(C)C)cc3)=C(c3ccc(Cl)cc3)C2=O)c(C)c1. The molecular formula is C27H25ClN2O3. The third-order valence-electron chi connectivity index (χ3n) is 5.31. The van der Waals surface area contributed by atoms with Gasteiger partial charge in [0.1, 0.15) is 11.4 Å². The molecule has 1 aliphatic heterocycles. The van der Waals surface area contributed by atoms with Gasteiger partial charge in [-0.25, -0.2) is 4.90 Å². The van der Waals surface area contributed by atoms with Gasteiger partial charge in [-0.3, -0.25) is 9.59 Å². The number of carbonyl (C=O) groups excluding carboxylic acids is 2. The molecule has 0 saturated carbocycles. The second-order valence-electron chi connectivity index (χ2n) is 8.31. The van der Waals surface area contributed by atoms with E-state index >= 15 is 0 Å². The highest BCUT2D eigenvalue weighted by Crippen LogP contribution is 2.35. The molecule has 5 nitrogen and oxygen atoms in total. The summed E-state index contributed by atoms with van der Waals surface area (Å²) in [5.74, 6) is -0.0517. The fourth-order valence-corrected chi connectivity index (χ4v) is 3.96. The van der Waals surface area contributed by atoms with Crippen LogP contribution in [-0.2, 0) is 9.59 Å². The van der Waals surface area contributed by atoms with Crippen LogP contribution in [0.25, 0.3) is 5.57 Å². The molecule has 0 spiro atoms. The van der Waals surface area contributed by atoms with Crippen molar-refractivity contribution < 1.29 is 14.3 Å². The molecule has 168 valence electrons. The van der Waals surface area contributed by atoms with E-state index in [4.69, 9.17) is 16.3 Å². The van der Waals surface area contributed by atoms with Crippen LogP contribution in [0, 0.1) is 13.8 Å². The molecule has 1 N–H and O–H groups in total. The van der Waals surface area contributed by atoms with Gasteiger partial charge in [0.25, 0.3) is 11.8 Å². The summed E-state index contributed by atoms with van der Waals surface area (Å²) in [6.45, 7) is 7.78. The van der Waals surface area contributed by atoms with Crippen molar-refractivity contribution in [3.63, 3.8) is 0 Å². The predicted octanol–water partition coefficient (Wildman–Crippen LogP) is 6.14. The Morgan fingerprint density at radius 3 is 2.15 bits per heavy atom. The Balaban J connectivity index is 1.76. The monoisotopic (exact) mass is 460 g/mol. The molecule has 0 fully saturated rings. The molecule has 6 heteroatoms. The van der Waals surface area contributed by atoms with Crippen LogP contribution in [0.1, 0.15) is 30.5 Å². The van der Waals surface area contributed by atoms with E-state index in [2.05, 4.69) is 5.32 Å². The molecule has 4 rings (SSSR count). The first-order chi connectivity index (χ1) is 15.7. The lowest BCUT2D eigenvalue weighted by atomic mass is 10.0. The molecule has 3 aromatic carbocycles. The number of rotatable bonds is 6. The van der Waals surface area contributed by atoms with Crippen molar-refractivity contribution in [2.45, 2.75) is 33.8 Å². The normalized spacial score (nSPS) is 13.8. The van der Waals surface area contributed by atoms with Crippen molar-refractivity contribution in [3.8, 4) is 5.75 Å². The van der Waals surface area contributed by atoms with Gasteiger partial charge in [0.15, 0.2) is 0 Å². The number of hydrogen-bond acceptors (Lipinski definition) is 4. The maximum atomic E-state index is 13.6. The minimum atomic E-state index is -0.403. The van der Waals surface area contributed by atoms with Crippen molar-refractivity contribution in [1.29, 1.82) is 0 Å². The first kappa shape index (κ1) is 22.6. The van der Waals surface area contributed by atoms with Crippen LogP contribution in [0.4, 0.5) is 11.4 Å². The molecule has 0 radical (unpaired) electrons. The number of nitrogens with zero attached hydrogens (tertiary/aromatic N) is 1. The number of anilines is 2. The van der Waals surface area contributed by atoms with Crippen molar-refractivity contribution in [3.05, 3.63) is 94.1 Å². The first-order valence-electron chi connectivity index (χ1n) is 10.7. The van der Waals surface area contributed by atoms with Crippen LogP contribution in [-0.4, -0.2) is 17.9 Å². The van der Waals surface area contributed by atoms with E-state index in [0.717, 1.165) is 16.9 Å². The highest BCUT2D eigenvalue weighted by molar-refractivity contribution is 6.46. The average molecular weight is 461 g/mol. The summed E-state index contributed by atoms with van der Waals surface area (Å²) in [5, 5.41) is 3.73. The van der Waals surface area contributed by atoms with Gasteiger partial charge in [-0.05, 0) is 81.3 Å². The zero-order chi connectivity index (χ0) is 23.7. The summed E-state index contributed by atoms with van der Waals surface area (Å²) in [6.07, 6.45) is 0.0587. The lowest BCUT2D eigenvalue weighted by molar-refractivity contribution is -0.120. The fourth-order valence-electron chi connectivity index (χ4n) is 3.84. The molecule has 0 saturated heterocycles. The molecule has 0 aliphatic carbocycles. The topological polar surface area (TPSA) is 58.6 Å². The molecule has 0 unspecified atom stereocenters. The van der Waals surface area contributed by atoms with E-state index < -0.39 is 5.91 Å². The minimum absolute atomic E-state index is 0.0587. The van der Waals surface area contributed by atoms with Crippen molar-refractivity contribution in [2.24, 2.45) is 0 Å². The van der Waals surface area contributed by atoms with Gasteiger partial charge in [0.05, 0.1) is 17.4 Å². The summed E-state index contributed by atoms with van der Waals surface area (Å²) in [7, 11) is 0. The number of nitrogens with one attached hydrogen (secondary N) is 1. The molecule has 33 heavy (non-hydrogen) atoms.